The van der Waals surface area contributed by atoms with E-state index in [2.05, 4.69) is 83.1 Å². The number of ether oxygens (including phenoxy) is 1. The molecule has 59 heavy (non-hydrogen) atoms. The van der Waals surface area contributed by atoms with Crippen LogP contribution in [0.1, 0.15) is 160 Å². The summed E-state index contributed by atoms with van der Waals surface area (Å²) in [5.74, 6) is 0.659. The molecule has 5 aromatic rings. The predicted molar refractivity (Wildman–Crippen MR) is 235 cm³/mol. The molecular formula is C51H59NO7. The maximum Gasteiger partial charge on any atom is 0.312 e. The highest BCUT2D eigenvalue weighted by Gasteiger charge is 2.29. The molecule has 0 saturated carbocycles. The van der Waals surface area contributed by atoms with Gasteiger partial charge >= 0.3 is 5.69 Å². The van der Waals surface area contributed by atoms with Crippen LogP contribution in [0.5, 0.6) is 28.7 Å². The Bertz CT molecular complexity index is 2370. The van der Waals surface area contributed by atoms with Gasteiger partial charge in [-0.15, -0.1) is 0 Å². The molecule has 0 amide bonds. The fourth-order valence-electron chi connectivity index (χ4n) is 7.74. The van der Waals surface area contributed by atoms with E-state index in [4.69, 9.17) is 4.74 Å². The maximum atomic E-state index is 12.4. The van der Waals surface area contributed by atoms with E-state index in [1.807, 2.05) is 48.5 Å². The summed E-state index contributed by atoms with van der Waals surface area (Å²) in [4.78, 5) is 23.6. The molecule has 8 bridgehead atoms. The standard InChI is InChI=1S/C51H59NO7/c1-48(2,3)38-20-30-16-32-22-39(49(4,5)6)24-34(45(32)55)18-36-26-41(51(10,11)12)27-37(47(36)59-43-14-13-29(28-53)15-42(43)52(57)58)19-35-25-40(50(7,8)9)23-33(46(35)56)17-31(21-38)44(30)54/h13-15,20-28,54-56H,16-19H2,1-12H3. The van der Waals surface area contributed by atoms with Gasteiger partial charge in [-0.25, -0.2) is 0 Å². The average Bonchev–Trinajstić information content (AvgIpc) is 3.11. The highest BCUT2D eigenvalue weighted by Crippen LogP contribution is 2.45. The molecule has 1 aliphatic carbocycles. The Morgan fingerprint density at radius 2 is 0.797 bits per heavy atom. The minimum atomic E-state index is -0.561. The zero-order chi connectivity index (χ0) is 43.6. The number of rotatable bonds is 4. The molecule has 0 heterocycles. The number of nitro benzene ring substituents is 1. The molecule has 0 atom stereocenters. The molecule has 8 heteroatoms. The van der Waals surface area contributed by atoms with Crippen LogP contribution < -0.4 is 4.74 Å². The molecule has 0 radical (unpaired) electrons. The van der Waals surface area contributed by atoms with Gasteiger partial charge in [0.15, 0.2) is 0 Å². The predicted octanol–water partition coefficient (Wildman–Crippen LogP) is 12.2. The number of aldehydes is 1. The minimum Gasteiger partial charge on any atom is -0.507 e. The van der Waals surface area contributed by atoms with Crippen molar-refractivity contribution in [1.29, 1.82) is 0 Å². The monoisotopic (exact) mass is 797 g/mol. The average molecular weight is 798 g/mol. The number of benzene rings is 5. The van der Waals surface area contributed by atoms with Gasteiger partial charge in [-0.2, -0.15) is 0 Å². The summed E-state index contributed by atoms with van der Waals surface area (Å²) in [6, 6.07) is 20.3. The number of phenols is 3. The fraction of sp³-hybridized carbons (Fsp3) is 0.392. The first kappa shape index (κ1) is 43.0. The summed E-state index contributed by atoms with van der Waals surface area (Å²) in [5, 5.41) is 49.1. The maximum absolute atomic E-state index is 12.4. The van der Waals surface area contributed by atoms with Gasteiger partial charge in [-0.1, -0.05) is 132 Å². The molecule has 310 valence electrons. The second kappa shape index (κ2) is 15.2. The van der Waals surface area contributed by atoms with Crippen molar-refractivity contribution < 1.29 is 29.8 Å². The van der Waals surface area contributed by atoms with E-state index in [1.165, 1.54) is 18.2 Å². The van der Waals surface area contributed by atoms with Crippen molar-refractivity contribution in [2.24, 2.45) is 0 Å². The van der Waals surface area contributed by atoms with Gasteiger partial charge in [-0.3, -0.25) is 14.9 Å². The summed E-state index contributed by atoms with van der Waals surface area (Å²) < 4.78 is 6.71. The Hall–Kier alpha value is -5.63. The SMILES string of the molecule is CC(C)(C)c1cc2c(O)c(c1)Cc1cc(C(C)(C)C)cc(c1O)Cc1cc(C(C)(C)C)cc(c1Oc1ccc(C=O)cc1[N+](=O)[O-])Cc1cc(C(C)(C)C)cc(c1O)C2. The number of nitro groups is 1. The normalized spacial score (nSPS) is 13.6. The second-order valence-electron chi connectivity index (χ2n) is 20.5. The Morgan fingerprint density at radius 3 is 1.07 bits per heavy atom. The molecule has 0 saturated heterocycles. The van der Waals surface area contributed by atoms with Crippen LogP contribution in [0.4, 0.5) is 5.69 Å². The molecule has 1 aliphatic rings. The van der Waals surface area contributed by atoms with Gasteiger partial charge in [0.05, 0.1) is 4.92 Å². The molecule has 0 aromatic heterocycles. The Morgan fingerprint density at radius 1 is 0.508 bits per heavy atom. The van der Waals surface area contributed by atoms with Crippen molar-refractivity contribution in [2.45, 2.75) is 130 Å². The van der Waals surface area contributed by atoms with E-state index in [0.29, 0.717) is 56.5 Å². The van der Waals surface area contributed by atoms with E-state index in [9.17, 15) is 30.2 Å². The van der Waals surface area contributed by atoms with E-state index >= 15 is 0 Å². The number of hydrogen-bond donors (Lipinski definition) is 3. The van der Waals surface area contributed by atoms with E-state index in [1.54, 1.807) is 0 Å². The van der Waals surface area contributed by atoms with Crippen molar-refractivity contribution in [3.63, 3.8) is 0 Å². The largest absolute Gasteiger partial charge is 0.507 e. The lowest BCUT2D eigenvalue weighted by atomic mass is 9.79. The van der Waals surface area contributed by atoms with E-state index in [0.717, 1.165) is 22.3 Å². The van der Waals surface area contributed by atoms with Gasteiger partial charge in [0, 0.05) is 37.3 Å². The summed E-state index contributed by atoms with van der Waals surface area (Å²) in [5.41, 5.74) is 7.89. The second-order valence-corrected chi connectivity index (χ2v) is 20.5. The number of fused-ring (bicyclic) bond motifs is 8. The van der Waals surface area contributed by atoms with Crippen LogP contribution in [-0.2, 0) is 47.3 Å². The molecule has 3 N–H and O–H groups in total. The number of aromatic hydroxyl groups is 3. The lowest BCUT2D eigenvalue weighted by molar-refractivity contribution is -0.385. The van der Waals surface area contributed by atoms with Crippen LogP contribution in [0.25, 0.3) is 0 Å². The molecule has 8 nitrogen and oxygen atoms in total. The summed E-state index contributed by atoms with van der Waals surface area (Å²) >= 11 is 0. The highest BCUT2D eigenvalue weighted by molar-refractivity contribution is 5.77. The quantitative estimate of drug-likeness (QED) is 0.0919. The van der Waals surface area contributed by atoms with Crippen LogP contribution >= 0.6 is 0 Å². The number of carbonyl (C=O) groups is 1. The summed E-state index contributed by atoms with van der Waals surface area (Å²) in [7, 11) is 0. The first-order chi connectivity index (χ1) is 27.2. The first-order valence-electron chi connectivity index (χ1n) is 20.4. The Labute approximate surface area is 349 Å². The van der Waals surface area contributed by atoms with E-state index < -0.39 is 4.92 Å². The van der Waals surface area contributed by atoms with Gasteiger partial charge in [0.2, 0.25) is 5.75 Å². The van der Waals surface area contributed by atoms with Crippen LogP contribution in [-0.4, -0.2) is 26.5 Å². The minimum absolute atomic E-state index is 0.0358. The molecule has 0 fully saturated rings. The molecular weight excluding hydrogens is 739 g/mol. The Kier molecular flexibility index (Phi) is 11.1. The topological polar surface area (TPSA) is 130 Å². The zero-order valence-electron chi connectivity index (χ0n) is 36.7. The smallest absolute Gasteiger partial charge is 0.312 e. The number of nitrogens with zero attached hydrogens (tertiary/aromatic N) is 1. The first-order valence-corrected chi connectivity index (χ1v) is 20.4. The number of carbonyl (C=O) groups excluding carboxylic acids is 1. The summed E-state index contributed by atoms with van der Waals surface area (Å²) in [6.07, 6.45) is 1.46. The van der Waals surface area contributed by atoms with Crippen molar-refractivity contribution in [1.82, 2.24) is 0 Å². The molecule has 6 rings (SSSR count). The van der Waals surface area contributed by atoms with E-state index in [-0.39, 0.29) is 81.6 Å². The van der Waals surface area contributed by atoms with Crippen molar-refractivity contribution in [3.8, 4) is 28.7 Å². The highest BCUT2D eigenvalue weighted by atomic mass is 16.6. The lowest BCUT2D eigenvalue weighted by Crippen LogP contribution is -2.16. The van der Waals surface area contributed by atoms with Gasteiger partial charge in [0.25, 0.3) is 0 Å². The van der Waals surface area contributed by atoms with Crippen LogP contribution in [0, 0.1) is 10.1 Å². The van der Waals surface area contributed by atoms with Crippen molar-refractivity contribution >= 4 is 12.0 Å². The third-order valence-corrected chi connectivity index (χ3v) is 11.6. The van der Waals surface area contributed by atoms with Crippen molar-refractivity contribution in [3.05, 3.63) is 149 Å². The zero-order valence-corrected chi connectivity index (χ0v) is 36.7. The third-order valence-electron chi connectivity index (χ3n) is 11.6. The molecule has 0 spiro atoms. The van der Waals surface area contributed by atoms with Crippen LogP contribution in [0.3, 0.4) is 0 Å². The van der Waals surface area contributed by atoms with Gasteiger partial charge < -0.3 is 20.1 Å². The number of hydrogen-bond acceptors (Lipinski definition) is 7. The van der Waals surface area contributed by atoms with Crippen LogP contribution in [0.15, 0.2) is 66.7 Å². The molecule has 0 unspecified atom stereocenters. The van der Waals surface area contributed by atoms with Crippen LogP contribution in [0.2, 0.25) is 0 Å². The van der Waals surface area contributed by atoms with Gasteiger partial charge in [-0.05, 0) is 101 Å². The van der Waals surface area contributed by atoms with Gasteiger partial charge in [0.1, 0.15) is 29.3 Å². The third kappa shape index (κ3) is 9.02. The lowest BCUT2D eigenvalue weighted by Gasteiger charge is -2.27. The fourth-order valence-corrected chi connectivity index (χ4v) is 7.74. The van der Waals surface area contributed by atoms with Crippen molar-refractivity contribution in [2.75, 3.05) is 0 Å². The Balaban J connectivity index is 1.75. The molecule has 5 aromatic carbocycles. The molecule has 0 aliphatic heterocycles. The number of phenolic OH excluding ortho intramolecular Hbond substituents is 3. The summed E-state index contributed by atoms with van der Waals surface area (Å²) in [6.45, 7) is 25.5.